The van der Waals surface area contributed by atoms with Gasteiger partial charge in [-0.15, -0.1) is 0 Å². The average Bonchev–Trinajstić information content (AvgIpc) is 2.44. The molecule has 116 valence electrons. The zero-order valence-electron chi connectivity index (χ0n) is 12.9. The minimum Gasteiger partial charge on any atom is -0.326 e. The summed E-state index contributed by atoms with van der Waals surface area (Å²) in [4.78, 5) is 23.3. The highest BCUT2D eigenvalue weighted by molar-refractivity contribution is 5.94. The number of anilines is 2. The van der Waals surface area contributed by atoms with Crippen LogP contribution in [0.5, 0.6) is 0 Å². The Labute approximate surface area is 126 Å². The maximum Gasteiger partial charge on any atom is 0.238 e. The zero-order chi connectivity index (χ0) is 15.5. The number of amides is 2. The molecule has 5 nitrogen and oxygen atoms in total. The van der Waals surface area contributed by atoms with E-state index in [0.717, 1.165) is 25.8 Å². The number of unbranched alkanes of at least 4 members (excludes halogenated alkanes) is 1. The van der Waals surface area contributed by atoms with Gasteiger partial charge in [-0.1, -0.05) is 26.3 Å². The van der Waals surface area contributed by atoms with Gasteiger partial charge in [-0.3, -0.25) is 9.59 Å². The zero-order valence-corrected chi connectivity index (χ0v) is 12.9. The van der Waals surface area contributed by atoms with E-state index in [4.69, 9.17) is 0 Å². The molecule has 0 aromatic heterocycles. The molecular weight excluding hydrogens is 266 g/mol. The Hall–Kier alpha value is -1.88. The fourth-order valence-electron chi connectivity index (χ4n) is 1.83. The first-order chi connectivity index (χ1) is 10.2. The van der Waals surface area contributed by atoms with Gasteiger partial charge in [-0.05, 0) is 37.6 Å². The first-order valence-electron chi connectivity index (χ1n) is 7.56. The largest absolute Gasteiger partial charge is 0.326 e. The van der Waals surface area contributed by atoms with E-state index in [1.54, 1.807) is 12.1 Å². The van der Waals surface area contributed by atoms with Gasteiger partial charge in [-0.2, -0.15) is 0 Å². The highest BCUT2D eigenvalue weighted by Crippen LogP contribution is 2.15. The summed E-state index contributed by atoms with van der Waals surface area (Å²) in [5, 5.41) is 8.71. The summed E-state index contributed by atoms with van der Waals surface area (Å²) < 4.78 is 0. The maximum absolute atomic E-state index is 11.8. The summed E-state index contributed by atoms with van der Waals surface area (Å²) in [5.74, 6) is -0.0923. The topological polar surface area (TPSA) is 70.2 Å². The Balaban J connectivity index is 2.44. The summed E-state index contributed by atoms with van der Waals surface area (Å²) in [6, 6.07) is 7.18. The summed E-state index contributed by atoms with van der Waals surface area (Å²) in [6.45, 7) is 5.21. The van der Waals surface area contributed by atoms with E-state index >= 15 is 0 Å². The molecule has 2 amide bonds. The van der Waals surface area contributed by atoms with Gasteiger partial charge in [0, 0.05) is 17.8 Å². The van der Waals surface area contributed by atoms with E-state index in [1.807, 2.05) is 19.1 Å². The normalized spacial score (nSPS) is 10.2. The highest BCUT2D eigenvalue weighted by Gasteiger charge is 2.04. The lowest BCUT2D eigenvalue weighted by molar-refractivity contribution is -0.116. The fourth-order valence-corrected chi connectivity index (χ4v) is 1.83. The van der Waals surface area contributed by atoms with Crippen LogP contribution in [0.15, 0.2) is 24.3 Å². The Morgan fingerprint density at radius 3 is 2.29 bits per heavy atom. The van der Waals surface area contributed by atoms with Gasteiger partial charge in [0.1, 0.15) is 0 Å². The van der Waals surface area contributed by atoms with Crippen molar-refractivity contribution in [2.75, 3.05) is 23.7 Å². The van der Waals surface area contributed by atoms with Crippen LogP contribution in [-0.4, -0.2) is 24.9 Å². The van der Waals surface area contributed by atoms with E-state index in [-0.39, 0.29) is 11.8 Å². The molecule has 0 fully saturated rings. The Kier molecular flexibility index (Phi) is 8.12. The van der Waals surface area contributed by atoms with Crippen molar-refractivity contribution in [1.82, 2.24) is 5.32 Å². The number of rotatable bonds is 9. The van der Waals surface area contributed by atoms with Gasteiger partial charge >= 0.3 is 0 Å². The number of carbonyl (C=O) groups is 2. The maximum atomic E-state index is 11.8. The van der Waals surface area contributed by atoms with Crippen LogP contribution in [0.1, 0.15) is 39.5 Å². The van der Waals surface area contributed by atoms with Crippen molar-refractivity contribution in [2.24, 2.45) is 0 Å². The van der Waals surface area contributed by atoms with Crippen molar-refractivity contribution < 1.29 is 9.59 Å². The van der Waals surface area contributed by atoms with Crippen LogP contribution in [0.2, 0.25) is 0 Å². The second-order valence-corrected chi connectivity index (χ2v) is 4.96. The molecule has 1 aromatic rings. The van der Waals surface area contributed by atoms with Crippen LogP contribution in [0, 0.1) is 0 Å². The number of benzene rings is 1. The summed E-state index contributed by atoms with van der Waals surface area (Å²) >= 11 is 0. The molecule has 0 bridgehead atoms. The summed E-state index contributed by atoms with van der Waals surface area (Å²) in [7, 11) is 0. The van der Waals surface area contributed by atoms with Gasteiger partial charge in [0.25, 0.3) is 0 Å². The molecule has 5 heteroatoms. The van der Waals surface area contributed by atoms with Crippen LogP contribution in [0.3, 0.4) is 0 Å². The molecule has 1 aromatic carbocycles. The predicted octanol–water partition coefficient (Wildman–Crippen LogP) is 2.75. The standard InChI is InChI=1S/C16H25N3O2/c1-3-5-10-17-12-16(21)19-14-9-6-8-13(11-14)18-15(20)7-4-2/h6,8-9,11,17H,3-5,7,10,12H2,1-2H3,(H,18,20)(H,19,21). The lowest BCUT2D eigenvalue weighted by Crippen LogP contribution is -2.28. The van der Waals surface area contributed by atoms with Crippen LogP contribution >= 0.6 is 0 Å². The van der Waals surface area contributed by atoms with E-state index in [0.29, 0.717) is 24.3 Å². The average molecular weight is 291 g/mol. The smallest absolute Gasteiger partial charge is 0.238 e. The van der Waals surface area contributed by atoms with E-state index < -0.39 is 0 Å². The second kappa shape index (κ2) is 9.94. The van der Waals surface area contributed by atoms with Crippen molar-refractivity contribution in [3.63, 3.8) is 0 Å². The molecule has 0 radical (unpaired) electrons. The van der Waals surface area contributed by atoms with Crippen LogP contribution in [0.25, 0.3) is 0 Å². The van der Waals surface area contributed by atoms with Crippen molar-refractivity contribution in [2.45, 2.75) is 39.5 Å². The molecule has 0 saturated carbocycles. The van der Waals surface area contributed by atoms with Crippen LogP contribution in [-0.2, 0) is 9.59 Å². The van der Waals surface area contributed by atoms with Crippen molar-refractivity contribution in [1.29, 1.82) is 0 Å². The van der Waals surface area contributed by atoms with E-state index in [1.165, 1.54) is 0 Å². The van der Waals surface area contributed by atoms with Gasteiger partial charge < -0.3 is 16.0 Å². The molecule has 0 aliphatic heterocycles. The van der Waals surface area contributed by atoms with Crippen molar-refractivity contribution >= 4 is 23.2 Å². The molecule has 0 unspecified atom stereocenters. The van der Waals surface area contributed by atoms with Gasteiger partial charge in [0.2, 0.25) is 11.8 Å². The molecular formula is C16H25N3O2. The minimum absolute atomic E-state index is 0.0118. The SMILES string of the molecule is CCCCNCC(=O)Nc1cccc(NC(=O)CCC)c1. The fraction of sp³-hybridized carbons (Fsp3) is 0.500. The molecule has 21 heavy (non-hydrogen) atoms. The Bertz CT molecular complexity index is 461. The molecule has 3 N–H and O–H groups in total. The molecule has 0 saturated heterocycles. The van der Waals surface area contributed by atoms with Crippen LogP contribution < -0.4 is 16.0 Å². The third-order valence-electron chi connectivity index (χ3n) is 2.90. The molecule has 1 rings (SSSR count). The number of hydrogen-bond acceptors (Lipinski definition) is 3. The molecule has 0 atom stereocenters. The lowest BCUT2D eigenvalue weighted by atomic mass is 10.2. The van der Waals surface area contributed by atoms with Crippen molar-refractivity contribution in [3.8, 4) is 0 Å². The number of carbonyl (C=O) groups excluding carboxylic acids is 2. The highest BCUT2D eigenvalue weighted by atomic mass is 16.2. The van der Waals surface area contributed by atoms with Gasteiger partial charge in [0.05, 0.1) is 6.54 Å². The molecule has 0 spiro atoms. The molecule has 0 aliphatic carbocycles. The number of hydrogen-bond donors (Lipinski definition) is 3. The third kappa shape index (κ3) is 7.46. The van der Waals surface area contributed by atoms with E-state index in [9.17, 15) is 9.59 Å². The summed E-state index contributed by atoms with van der Waals surface area (Å²) in [6.07, 6.45) is 3.48. The first-order valence-corrected chi connectivity index (χ1v) is 7.56. The monoisotopic (exact) mass is 291 g/mol. The summed E-state index contributed by atoms with van der Waals surface area (Å²) in [5.41, 5.74) is 1.39. The predicted molar refractivity (Wildman–Crippen MR) is 86.4 cm³/mol. The number of nitrogens with one attached hydrogen (secondary N) is 3. The Morgan fingerprint density at radius 2 is 1.67 bits per heavy atom. The van der Waals surface area contributed by atoms with E-state index in [2.05, 4.69) is 22.9 Å². The second-order valence-electron chi connectivity index (χ2n) is 4.96. The Morgan fingerprint density at radius 1 is 1.00 bits per heavy atom. The minimum atomic E-state index is -0.0804. The van der Waals surface area contributed by atoms with Gasteiger partial charge in [-0.25, -0.2) is 0 Å². The van der Waals surface area contributed by atoms with Crippen molar-refractivity contribution in [3.05, 3.63) is 24.3 Å². The van der Waals surface area contributed by atoms with Crippen LogP contribution in [0.4, 0.5) is 11.4 Å². The molecule has 0 heterocycles. The first kappa shape index (κ1) is 17.2. The molecule has 0 aliphatic rings. The third-order valence-corrected chi connectivity index (χ3v) is 2.90. The van der Waals surface area contributed by atoms with Gasteiger partial charge in [0.15, 0.2) is 0 Å². The quantitative estimate of drug-likeness (QED) is 0.613. The lowest BCUT2D eigenvalue weighted by Gasteiger charge is -2.09.